The number of anilines is 2. The highest BCUT2D eigenvalue weighted by Crippen LogP contribution is 2.50. The number of hydrogen-bond donors (Lipinski definition) is 1. The molecule has 1 amide bonds. The van der Waals surface area contributed by atoms with E-state index in [9.17, 15) is 9.90 Å². The van der Waals surface area contributed by atoms with Gasteiger partial charge >= 0.3 is 0 Å². The van der Waals surface area contributed by atoms with Crippen LogP contribution in [0.5, 0.6) is 0 Å². The molecule has 1 aromatic heterocycles. The number of thiazole rings is 1. The first-order chi connectivity index (χ1) is 12.2. The van der Waals surface area contributed by atoms with Crippen molar-refractivity contribution in [3.8, 4) is 0 Å². The van der Waals surface area contributed by atoms with Gasteiger partial charge in [-0.05, 0) is 44.0 Å². The van der Waals surface area contributed by atoms with E-state index in [4.69, 9.17) is 11.6 Å². The van der Waals surface area contributed by atoms with Crippen molar-refractivity contribution in [1.29, 1.82) is 0 Å². The highest BCUT2D eigenvalue weighted by molar-refractivity contribution is 7.13. The molecule has 2 aliphatic heterocycles. The zero-order chi connectivity index (χ0) is 18.7. The minimum atomic E-state index is -0.965. The third-order valence-corrected chi connectivity index (χ3v) is 6.53. The number of aromatic nitrogens is 1. The summed E-state index contributed by atoms with van der Waals surface area (Å²) in [5, 5.41) is 13.7. The maximum atomic E-state index is 11.9. The summed E-state index contributed by atoms with van der Waals surface area (Å²) in [5.74, 6) is 0.113. The van der Waals surface area contributed by atoms with Crippen molar-refractivity contribution in [2.24, 2.45) is 0 Å². The smallest absolute Gasteiger partial charge is 0.219 e. The van der Waals surface area contributed by atoms with Crippen LogP contribution in [0.3, 0.4) is 0 Å². The molecule has 1 aromatic carbocycles. The Kier molecular flexibility index (Phi) is 4.06. The van der Waals surface area contributed by atoms with Gasteiger partial charge in [0, 0.05) is 48.1 Å². The van der Waals surface area contributed by atoms with Crippen LogP contribution in [0.25, 0.3) is 0 Å². The normalized spacial score (nSPS) is 22.3. The Bertz CT molecular complexity index is 876. The van der Waals surface area contributed by atoms with Crippen LogP contribution in [-0.4, -0.2) is 40.5 Å². The van der Waals surface area contributed by atoms with E-state index in [2.05, 4.69) is 9.88 Å². The molecule has 0 radical (unpaired) electrons. The molecule has 2 aromatic rings. The van der Waals surface area contributed by atoms with Crippen molar-refractivity contribution in [1.82, 2.24) is 9.88 Å². The molecule has 1 atom stereocenters. The summed E-state index contributed by atoms with van der Waals surface area (Å²) >= 11 is 7.83. The number of carbonyl (C=O) groups excluding carboxylic acids is 1. The van der Waals surface area contributed by atoms with E-state index < -0.39 is 5.60 Å². The summed E-state index contributed by atoms with van der Waals surface area (Å²) in [6.45, 7) is 7.35. The van der Waals surface area contributed by atoms with Crippen molar-refractivity contribution in [2.75, 3.05) is 24.5 Å². The molecule has 0 saturated carbocycles. The Morgan fingerprint density at radius 2 is 2.15 bits per heavy atom. The highest BCUT2D eigenvalue weighted by atomic mass is 35.5. The van der Waals surface area contributed by atoms with E-state index >= 15 is 0 Å². The number of carbonyl (C=O) groups is 1. The van der Waals surface area contributed by atoms with Gasteiger partial charge in [0.2, 0.25) is 5.91 Å². The lowest BCUT2D eigenvalue weighted by Gasteiger charge is -2.25. The van der Waals surface area contributed by atoms with Gasteiger partial charge in [-0.1, -0.05) is 11.6 Å². The van der Waals surface area contributed by atoms with Gasteiger partial charge in [0.25, 0.3) is 0 Å². The van der Waals surface area contributed by atoms with Crippen LogP contribution >= 0.6 is 22.9 Å². The third-order valence-electron chi connectivity index (χ3n) is 5.43. The molecular weight excluding hydrogens is 370 g/mol. The Hall–Kier alpha value is -1.63. The predicted octanol–water partition coefficient (Wildman–Crippen LogP) is 3.67. The van der Waals surface area contributed by atoms with Crippen molar-refractivity contribution >= 4 is 39.7 Å². The lowest BCUT2D eigenvalue weighted by atomic mass is 9.81. The predicted molar refractivity (Wildman–Crippen MR) is 104 cm³/mol. The second kappa shape index (κ2) is 5.94. The Morgan fingerprint density at radius 1 is 1.38 bits per heavy atom. The molecule has 1 saturated heterocycles. The molecule has 4 rings (SSSR count). The summed E-state index contributed by atoms with van der Waals surface area (Å²) in [7, 11) is 0. The number of aliphatic hydroxyl groups is 1. The lowest BCUT2D eigenvalue weighted by molar-refractivity contribution is -0.127. The number of hydrogen-bond acceptors (Lipinski definition) is 5. The number of halogens is 1. The van der Waals surface area contributed by atoms with Crippen molar-refractivity contribution < 1.29 is 9.90 Å². The SMILES string of the molecule is CC(=O)N1CCC2(C1)CN(c1nc(C(C)(C)O)cs1)c1ccc(Cl)cc12. The van der Waals surface area contributed by atoms with Gasteiger partial charge in [-0.2, -0.15) is 0 Å². The molecule has 7 heteroatoms. The van der Waals surface area contributed by atoms with Crippen LogP contribution in [0.4, 0.5) is 10.8 Å². The average Bonchev–Trinajstić information content (AvgIpc) is 3.26. The quantitative estimate of drug-likeness (QED) is 0.848. The lowest BCUT2D eigenvalue weighted by Crippen LogP contribution is -2.36. The van der Waals surface area contributed by atoms with Gasteiger partial charge in [-0.15, -0.1) is 11.3 Å². The number of nitrogens with zero attached hydrogens (tertiary/aromatic N) is 3. The third kappa shape index (κ3) is 2.80. The van der Waals surface area contributed by atoms with Crippen LogP contribution in [0.15, 0.2) is 23.6 Å². The van der Waals surface area contributed by atoms with Gasteiger partial charge < -0.3 is 14.9 Å². The fourth-order valence-corrected chi connectivity index (χ4v) is 5.14. The molecule has 2 aliphatic rings. The van der Waals surface area contributed by atoms with Gasteiger partial charge in [0.05, 0.1) is 5.69 Å². The van der Waals surface area contributed by atoms with Gasteiger partial charge in [0.15, 0.2) is 5.13 Å². The zero-order valence-electron chi connectivity index (χ0n) is 15.1. The molecule has 1 unspecified atom stereocenters. The molecule has 1 fully saturated rings. The first-order valence-electron chi connectivity index (χ1n) is 8.71. The topological polar surface area (TPSA) is 56.7 Å². The second-order valence-electron chi connectivity index (χ2n) is 7.79. The maximum Gasteiger partial charge on any atom is 0.219 e. The van der Waals surface area contributed by atoms with Crippen LogP contribution in [0.1, 0.15) is 38.4 Å². The molecule has 3 heterocycles. The minimum absolute atomic E-state index is 0.113. The van der Waals surface area contributed by atoms with Crippen molar-refractivity contribution in [3.05, 3.63) is 39.9 Å². The summed E-state index contributed by atoms with van der Waals surface area (Å²) in [6.07, 6.45) is 0.917. The van der Waals surface area contributed by atoms with E-state index in [0.717, 1.165) is 30.3 Å². The summed E-state index contributed by atoms with van der Waals surface area (Å²) in [6, 6.07) is 5.97. The van der Waals surface area contributed by atoms with Crippen molar-refractivity contribution in [3.63, 3.8) is 0 Å². The molecule has 0 aliphatic carbocycles. The van der Waals surface area contributed by atoms with E-state index in [0.29, 0.717) is 17.3 Å². The van der Waals surface area contributed by atoms with Crippen LogP contribution in [0, 0.1) is 0 Å². The van der Waals surface area contributed by atoms with E-state index in [1.54, 1.807) is 20.8 Å². The standard InChI is InChI=1S/C19H22ClN3O2S/c1-12(24)22-7-6-19(10-22)11-23(15-5-4-13(20)8-14(15)19)17-21-16(9-26-17)18(2,3)25/h4-5,8-9,25H,6-7,10-11H2,1-3H3. The number of amides is 1. The Balaban J connectivity index is 1.75. The van der Waals surface area contributed by atoms with E-state index in [1.807, 2.05) is 28.5 Å². The first kappa shape index (κ1) is 17.8. The maximum absolute atomic E-state index is 11.9. The Labute approximate surface area is 162 Å². The van der Waals surface area contributed by atoms with Gasteiger partial charge in [-0.25, -0.2) is 4.98 Å². The van der Waals surface area contributed by atoms with Crippen LogP contribution < -0.4 is 4.90 Å². The van der Waals surface area contributed by atoms with Gasteiger partial charge in [0.1, 0.15) is 5.60 Å². The van der Waals surface area contributed by atoms with Crippen LogP contribution in [0.2, 0.25) is 5.02 Å². The molecule has 1 N–H and O–H groups in total. The van der Waals surface area contributed by atoms with Gasteiger partial charge in [-0.3, -0.25) is 4.79 Å². The monoisotopic (exact) mass is 391 g/mol. The molecule has 5 nitrogen and oxygen atoms in total. The van der Waals surface area contributed by atoms with E-state index in [1.165, 1.54) is 16.9 Å². The first-order valence-corrected chi connectivity index (χ1v) is 9.97. The fraction of sp³-hybridized carbons (Fsp3) is 0.474. The zero-order valence-corrected chi connectivity index (χ0v) is 16.7. The van der Waals surface area contributed by atoms with E-state index in [-0.39, 0.29) is 11.3 Å². The molecule has 26 heavy (non-hydrogen) atoms. The number of fused-ring (bicyclic) bond motifs is 2. The largest absolute Gasteiger partial charge is 0.384 e. The van der Waals surface area contributed by atoms with Crippen molar-refractivity contribution in [2.45, 2.75) is 38.2 Å². The number of likely N-dealkylation sites (tertiary alicyclic amines) is 1. The summed E-state index contributed by atoms with van der Waals surface area (Å²) in [5.41, 5.74) is 1.87. The summed E-state index contributed by atoms with van der Waals surface area (Å²) < 4.78 is 0. The summed E-state index contributed by atoms with van der Waals surface area (Å²) in [4.78, 5) is 20.7. The van der Waals surface area contributed by atoms with Crippen LogP contribution in [-0.2, 0) is 15.8 Å². The highest BCUT2D eigenvalue weighted by Gasteiger charge is 2.49. The molecule has 0 bridgehead atoms. The average molecular weight is 392 g/mol. The fourth-order valence-electron chi connectivity index (χ4n) is 3.97. The molecule has 138 valence electrons. The molecule has 1 spiro atoms. The minimum Gasteiger partial charge on any atom is -0.384 e. The number of benzene rings is 1. The number of rotatable bonds is 2. The molecular formula is C19H22ClN3O2S. The Morgan fingerprint density at radius 3 is 2.77 bits per heavy atom. The second-order valence-corrected chi connectivity index (χ2v) is 9.07.